The van der Waals surface area contributed by atoms with Crippen LogP contribution >= 0.6 is 0 Å². The van der Waals surface area contributed by atoms with Crippen LogP contribution in [-0.4, -0.2) is 59.3 Å². The van der Waals surface area contributed by atoms with Crippen LogP contribution in [0, 0.1) is 0 Å². The molecule has 0 unspecified atom stereocenters. The van der Waals surface area contributed by atoms with Crippen molar-refractivity contribution in [2.75, 3.05) is 20.3 Å². The molecule has 2 heterocycles. The van der Waals surface area contributed by atoms with E-state index in [4.69, 9.17) is 18.9 Å². The molecule has 1 N–H and O–H groups in total. The number of carbonyl (C=O) groups excluding carboxylic acids is 3. The van der Waals surface area contributed by atoms with Crippen molar-refractivity contribution in [2.24, 2.45) is 0 Å². The zero-order valence-electron chi connectivity index (χ0n) is 20.9. The van der Waals surface area contributed by atoms with Gasteiger partial charge in [0.05, 0.1) is 31.4 Å². The molecule has 3 aromatic rings. The number of hydrogen-bond donors (Lipinski definition) is 1. The summed E-state index contributed by atoms with van der Waals surface area (Å²) in [5.74, 6) is -2.43. The van der Waals surface area contributed by atoms with E-state index < -0.39 is 41.1 Å². The minimum Gasteiger partial charge on any atom is -0.464 e. The Labute approximate surface area is 218 Å². The Morgan fingerprint density at radius 1 is 1.03 bits per heavy atom. The van der Waals surface area contributed by atoms with E-state index in [1.807, 2.05) is 37.3 Å². The molecule has 0 saturated carbocycles. The zero-order valence-corrected chi connectivity index (χ0v) is 20.9. The Balaban J connectivity index is 1.64. The van der Waals surface area contributed by atoms with Gasteiger partial charge in [0.25, 0.3) is 5.56 Å². The molecule has 1 aliphatic rings. The normalized spacial score (nSPS) is 16.6. The number of nitrogens with one attached hydrogen (secondary N) is 1. The fourth-order valence-corrected chi connectivity index (χ4v) is 4.11. The van der Waals surface area contributed by atoms with Gasteiger partial charge in [-0.15, -0.1) is 0 Å². The molecular weight excluding hydrogens is 494 g/mol. The van der Waals surface area contributed by atoms with E-state index in [0.29, 0.717) is 13.0 Å². The summed E-state index contributed by atoms with van der Waals surface area (Å²) in [5, 5.41) is 0. The largest absolute Gasteiger partial charge is 0.464 e. The van der Waals surface area contributed by atoms with Crippen molar-refractivity contribution in [1.29, 1.82) is 0 Å². The van der Waals surface area contributed by atoms with Crippen molar-refractivity contribution in [1.82, 2.24) is 14.9 Å². The highest BCUT2D eigenvalue weighted by Crippen LogP contribution is 2.33. The SMILES string of the molecule is CCO[C@@H]1C[C@@H](c2nc(C(=O)OC)c(OC(=O)c3ccccc3)c(=O)[nH]2)N(C(=O)OCc2ccccc2)C1. The highest BCUT2D eigenvalue weighted by atomic mass is 16.6. The molecular formula is C27H27N3O8. The lowest BCUT2D eigenvalue weighted by atomic mass is 10.1. The van der Waals surface area contributed by atoms with Crippen LogP contribution in [0.15, 0.2) is 65.5 Å². The Bertz CT molecular complexity index is 1340. The first-order valence-corrected chi connectivity index (χ1v) is 12.0. The van der Waals surface area contributed by atoms with E-state index in [-0.39, 0.29) is 30.6 Å². The molecule has 0 aliphatic carbocycles. The number of aromatic amines is 1. The van der Waals surface area contributed by atoms with Gasteiger partial charge in [-0.05, 0) is 24.6 Å². The molecule has 11 nitrogen and oxygen atoms in total. The van der Waals surface area contributed by atoms with E-state index in [0.717, 1.165) is 12.7 Å². The summed E-state index contributed by atoms with van der Waals surface area (Å²) in [5.41, 5.74) is -0.387. The first kappa shape index (κ1) is 26.6. The van der Waals surface area contributed by atoms with Crippen LogP contribution in [0.5, 0.6) is 5.75 Å². The number of benzene rings is 2. The predicted octanol–water partition coefficient (Wildman–Crippen LogP) is 3.26. The molecule has 11 heteroatoms. The number of methoxy groups -OCH3 is 1. The number of nitrogens with zero attached hydrogens (tertiary/aromatic N) is 2. The van der Waals surface area contributed by atoms with Gasteiger partial charge in [-0.25, -0.2) is 19.4 Å². The van der Waals surface area contributed by atoms with Crippen molar-refractivity contribution in [3.8, 4) is 5.75 Å². The fourth-order valence-electron chi connectivity index (χ4n) is 4.11. The van der Waals surface area contributed by atoms with Crippen molar-refractivity contribution < 1.29 is 33.3 Å². The summed E-state index contributed by atoms with van der Waals surface area (Å²) >= 11 is 0. The topological polar surface area (TPSA) is 137 Å². The van der Waals surface area contributed by atoms with E-state index in [1.165, 1.54) is 17.0 Å². The third-order valence-electron chi connectivity index (χ3n) is 5.90. The van der Waals surface area contributed by atoms with Crippen LogP contribution in [0.1, 0.15) is 51.6 Å². The van der Waals surface area contributed by atoms with Crippen LogP contribution in [-0.2, 0) is 20.8 Å². The molecule has 38 heavy (non-hydrogen) atoms. The number of amides is 1. The van der Waals surface area contributed by atoms with E-state index in [9.17, 15) is 19.2 Å². The van der Waals surface area contributed by atoms with Crippen molar-refractivity contribution in [2.45, 2.75) is 32.1 Å². The Morgan fingerprint density at radius 3 is 2.37 bits per heavy atom. The Morgan fingerprint density at radius 2 is 1.71 bits per heavy atom. The minimum absolute atomic E-state index is 0.00812. The maximum Gasteiger partial charge on any atom is 0.410 e. The molecule has 198 valence electrons. The number of likely N-dealkylation sites (tertiary alicyclic amines) is 1. The molecule has 2 aromatic carbocycles. The summed E-state index contributed by atoms with van der Waals surface area (Å²) in [4.78, 5) is 59.4. The third kappa shape index (κ3) is 6.06. The summed E-state index contributed by atoms with van der Waals surface area (Å²) in [7, 11) is 1.11. The third-order valence-corrected chi connectivity index (χ3v) is 5.90. The van der Waals surface area contributed by atoms with Gasteiger partial charge in [-0.3, -0.25) is 9.69 Å². The summed E-state index contributed by atoms with van der Waals surface area (Å²) < 4.78 is 21.2. The second kappa shape index (κ2) is 12.2. The molecule has 2 atom stereocenters. The molecule has 0 bridgehead atoms. The van der Waals surface area contributed by atoms with Gasteiger partial charge in [-0.1, -0.05) is 48.5 Å². The van der Waals surface area contributed by atoms with Gasteiger partial charge in [0.15, 0.2) is 5.69 Å². The first-order chi connectivity index (χ1) is 18.4. The molecule has 1 amide bonds. The first-order valence-electron chi connectivity index (χ1n) is 12.0. The number of aromatic nitrogens is 2. The maximum absolute atomic E-state index is 13.1. The number of esters is 2. The molecule has 0 spiro atoms. The van der Waals surface area contributed by atoms with Crippen molar-refractivity contribution >= 4 is 18.0 Å². The number of H-pyrrole nitrogens is 1. The molecule has 1 fully saturated rings. The van der Waals surface area contributed by atoms with E-state index >= 15 is 0 Å². The van der Waals surface area contributed by atoms with Crippen molar-refractivity contribution in [3.05, 3.63) is 93.7 Å². The van der Waals surface area contributed by atoms with Gasteiger partial charge in [0, 0.05) is 13.0 Å². The summed E-state index contributed by atoms with van der Waals surface area (Å²) in [6.07, 6.45) is -0.694. The van der Waals surface area contributed by atoms with Gasteiger partial charge in [0.1, 0.15) is 12.4 Å². The molecule has 0 radical (unpaired) electrons. The molecule has 1 aromatic heterocycles. The van der Waals surface area contributed by atoms with Crippen LogP contribution in [0.3, 0.4) is 0 Å². The van der Waals surface area contributed by atoms with Gasteiger partial charge in [0.2, 0.25) is 5.75 Å². The lowest BCUT2D eigenvalue weighted by Gasteiger charge is -2.23. The van der Waals surface area contributed by atoms with Crippen LogP contribution in [0.2, 0.25) is 0 Å². The average molecular weight is 522 g/mol. The summed E-state index contributed by atoms with van der Waals surface area (Å²) in [6, 6.07) is 16.4. The maximum atomic E-state index is 13.1. The number of rotatable bonds is 8. The molecule has 4 rings (SSSR count). The van der Waals surface area contributed by atoms with Crippen molar-refractivity contribution in [3.63, 3.8) is 0 Å². The van der Waals surface area contributed by atoms with E-state index in [1.54, 1.807) is 18.2 Å². The van der Waals surface area contributed by atoms with Gasteiger partial charge < -0.3 is 23.9 Å². The second-order valence-corrected chi connectivity index (χ2v) is 8.40. The van der Waals surface area contributed by atoms with Crippen LogP contribution < -0.4 is 10.3 Å². The smallest absolute Gasteiger partial charge is 0.410 e. The number of carbonyl (C=O) groups is 3. The van der Waals surface area contributed by atoms with E-state index in [2.05, 4.69) is 9.97 Å². The predicted molar refractivity (Wildman–Crippen MR) is 134 cm³/mol. The minimum atomic E-state index is -0.981. The lowest BCUT2D eigenvalue weighted by Crippen LogP contribution is -2.34. The quantitative estimate of drug-likeness (QED) is 0.443. The Hall–Kier alpha value is -4.51. The molecule has 1 aliphatic heterocycles. The monoisotopic (exact) mass is 521 g/mol. The standard InChI is InChI=1S/C27H27N3O8/c1-3-36-19-14-20(30(15-19)27(34)37-16-17-10-6-4-7-11-17)23-28-21(26(33)35-2)22(24(31)29-23)38-25(32)18-12-8-5-9-13-18/h4-13,19-20H,3,14-16H2,1-2H3,(H,28,29,31)/t19-,20+/m1/s1. The van der Waals surface area contributed by atoms with Crippen LogP contribution in [0.25, 0.3) is 0 Å². The zero-order chi connectivity index (χ0) is 27.1. The second-order valence-electron chi connectivity index (χ2n) is 8.40. The summed E-state index contributed by atoms with van der Waals surface area (Å²) in [6.45, 7) is 2.48. The number of hydrogen-bond acceptors (Lipinski definition) is 9. The van der Waals surface area contributed by atoms with Gasteiger partial charge >= 0.3 is 18.0 Å². The Kier molecular flexibility index (Phi) is 8.49. The fraction of sp³-hybridized carbons (Fsp3) is 0.296. The highest BCUT2D eigenvalue weighted by molar-refractivity contribution is 5.94. The highest BCUT2D eigenvalue weighted by Gasteiger charge is 2.40. The lowest BCUT2D eigenvalue weighted by molar-refractivity contribution is 0.0582. The number of ether oxygens (including phenoxy) is 4. The van der Waals surface area contributed by atoms with Gasteiger partial charge in [-0.2, -0.15) is 0 Å². The van der Waals surface area contributed by atoms with Crippen LogP contribution in [0.4, 0.5) is 4.79 Å². The molecule has 1 saturated heterocycles. The average Bonchev–Trinajstić information content (AvgIpc) is 3.37.